The summed E-state index contributed by atoms with van der Waals surface area (Å²) in [5.74, 6) is -8.91. The Morgan fingerprint density at radius 1 is 0.404 bits per heavy atom. The van der Waals surface area contributed by atoms with E-state index in [1.165, 1.54) is 24.3 Å². The van der Waals surface area contributed by atoms with Crippen molar-refractivity contribution in [1.82, 2.24) is 0 Å². The average Bonchev–Trinajstić information content (AvgIpc) is 1.76. The molecule has 4 saturated heterocycles. The van der Waals surface area contributed by atoms with E-state index in [0.29, 0.717) is 0 Å². The zero-order chi connectivity index (χ0) is 72.0. The number of hydrogen-bond acceptors (Lipinski definition) is 30. The van der Waals surface area contributed by atoms with Gasteiger partial charge in [0.25, 0.3) is 0 Å². The van der Waals surface area contributed by atoms with E-state index < -0.39 is 221 Å². The summed E-state index contributed by atoms with van der Waals surface area (Å²) in [6.07, 6.45) is -33.8. The smallest absolute Gasteiger partial charge is 0.338 e. The Bertz CT molecular complexity index is 3530. The van der Waals surface area contributed by atoms with Gasteiger partial charge in [-0.25, -0.2) is 9.59 Å². The molecule has 0 spiro atoms. The van der Waals surface area contributed by atoms with Crippen molar-refractivity contribution in [3.63, 3.8) is 0 Å². The van der Waals surface area contributed by atoms with Gasteiger partial charge in [0.2, 0.25) is 0 Å². The van der Waals surface area contributed by atoms with E-state index in [1.807, 2.05) is 0 Å². The van der Waals surface area contributed by atoms with Crippen molar-refractivity contribution in [2.24, 2.45) is 36.6 Å². The Balaban J connectivity index is 1.39. The number of ether oxygens (including phenoxy) is 16. The molecule has 0 amide bonds. The Morgan fingerprint density at radius 2 is 0.778 bits per heavy atom. The number of carbonyl (C=O) groups is 8. The second kappa shape index (κ2) is 36.4. The molecular formula is C57H68N18O24. The lowest BCUT2D eigenvalue weighted by Gasteiger charge is -2.48. The molecule has 1 saturated carbocycles. The largest absolute Gasteiger partial charge is 0.459 e. The van der Waals surface area contributed by atoms with Crippen molar-refractivity contribution in [2.45, 2.75) is 209 Å². The van der Waals surface area contributed by atoms with Gasteiger partial charge < -0.3 is 75.8 Å². The molecule has 99 heavy (non-hydrogen) atoms. The number of hydrogen-bond donors (Lipinski definition) is 0. The van der Waals surface area contributed by atoms with Crippen LogP contribution in [0.5, 0.6) is 0 Å². The van der Waals surface area contributed by atoms with Gasteiger partial charge in [-0.1, -0.05) is 80.9 Å². The van der Waals surface area contributed by atoms with E-state index in [-0.39, 0.29) is 17.5 Å². The maximum atomic E-state index is 14.0. The molecule has 2 aromatic carbocycles. The van der Waals surface area contributed by atoms with Gasteiger partial charge in [-0.3, -0.25) is 28.8 Å². The first-order valence-electron chi connectivity index (χ1n) is 30.4. The summed E-state index contributed by atoms with van der Waals surface area (Å²) < 4.78 is 98.6. The van der Waals surface area contributed by atoms with E-state index in [2.05, 4.69) is 60.2 Å². The third kappa shape index (κ3) is 19.7. The summed E-state index contributed by atoms with van der Waals surface area (Å²) in [6.45, 7) is 6.83. The monoisotopic (exact) mass is 1390 g/mol. The predicted octanol–water partition coefficient (Wildman–Crippen LogP) is 6.89. The predicted molar refractivity (Wildman–Crippen MR) is 324 cm³/mol. The highest BCUT2D eigenvalue weighted by molar-refractivity contribution is 5.90. The second-order valence-electron chi connectivity index (χ2n) is 22.5. The van der Waals surface area contributed by atoms with Crippen molar-refractivity contribution in [2.75, 3.05) is 19.7 Å². The van der Waals surface area contributed by atoms with Crippen LogP contribution >= 0.6 is 0 Å². The third-order valence-electron chi connectivity index (χ3n) is 15.8. The first kappa shape index (κ1) is 76.1. The molecule has 530 valence electrons. The summed E-state index contributed by atoms with van der Waals surface area (Å²) in [4.78, 5) is 123. The van der Waals surface area contributed by atoms with Crippen LogP contribution in [0, 0.1) is 5.92 Å². The highest BCUT2D eigenvalue weighted by atomic mass is 16.8. The number of azide groups is 6. The molecule has 42 nitrogen and oxygen atoms in total. The first-order chi connectivity index (χ1) is 47.5. The van der Waals surface area contributed by atoms with Crippen molar-refractivity contribution >= 4 is 47.8 Å². The second-order valence-corrected chi connectivity index (χ2v) is 22.5. The molecule has 1 aliphatic carbocycles. The summed E-state index contributed by atoms with van der Waals surface area (Å²) in [5, 5.41) is 22.4. The fourth-order valence-corrected chi connectivity index (χ4v) is 11.9. The molecule has 0 bridgehead atoms. The number of rotatable bonds is 28. The van der Waals surface area contributed by atoms with Crippen molar-refractivity contribution in [3.05, 3.63) is 134 Å². The number of nitrogens with zero attached hydrogens (tertiary/aromatic N) is 18. The van der Waals surface area contributed by atoms with Gasteiger partial charge in [-0.05, 0) is 70.3 Å². The Labute approximate surface area is 560 Å². The van der Waals surface area contributed by atoms with Gasteiger partial charge in [-0.2, -0.15) is 0 Å². The lowest BCUT2D eigenvalue weighted by Crippen LogP contribution is -2.65. The van der Waals surface area contributed by atoms with Gasteiger partial charge in [0.1, 0.15) is 60.9 Å². The minimum absolute atomic E-state index is 0.0897. The third-order valence-corrected chi connectivity index (χ3v) is 15.8. The number of carbonyl (C=O) groups excluding carboxylic acids is 8. The molecule has 9 unspecified atom stereocenters. The topological polar surface area (TPSA) is 577 Å². The molecule has 7 rings (SSSR count). The lowest BCUT2D eigenvalue weighted by molar-refractivity contribution is -0.311. The van der Waals surface area contributed by atoms with Crippen LogP contribution in [-0.4, -0.2) is 208 Å². The van der Waals surface area contributed by atoms with Crippen LogP contribution in [0.3, 0.4) is 0 Å². The van der Waals surface area contributed by atoms with E-state index in [1.54, 1.807) is 50.2 Å². The van der Waals surface area contributed by atoms with Gasteiger partial charge in [-0.15, -0.1) is 0 Å². The zero-order valence-electron chi connectivity index (χ0n) is 54.0. The zero-order valence-corrected chi connectivity index (χ0v) is 54.0. The molecule has 0 radical (unpaired) electrons. The van der Waals surface area contributed by atoms with Gasteiger partial charge >= 0.3 is 47.8 Å². The van der Waals surface area contributed by atoms with Crippen LogP contribution in [0.1, 0.15) is 88.9 Å². The van der Waals surface area contributed by atoms with Crippen LogP contribution in [-0.2, 0) is 105 Å². The molecule has 0 N–H and O–H groups in total. The SMILES string of the molecule is CCC1O[C@@H](OC[C@H]2O[C@@H](O[C@@H]3C(OC(C)=O)[C@H](N=[N+]=[N-])CC(N=[N+]=[N-])[C@@H]3O[C@@H]3OC(CN=[N+]=[N-])[C@H](OC(C)=O)[C@H](OC(C)=O)C3N=[N+]=[N-])C(OC(C)=O)[C@H]2O[C@H]2O[C@@H](CN=[N+]=[N-])[C@@H](OC(C)=O)C(OC(C)=O)C2N=[N+]=[N-])C(C)[C@@H](OC(=O)c2ccccc2)[C@H]1OC(=O)c1ccccc1. The number of esters is 8. The van der Waals surface area contributed by atoms with E-state index >= 15 is 0 Å². The van der Waals surface area contributed by atoms with E-state index in [0.717, 1.165) is 41.5 Å². The van der Waals surface area contributed by atoms with Gasteiger partial charge in [0.15, 0.2) is 61.8 Å². The Morgan fingerprint density at radius 3 is 1.21 bits per heavy atom. The van der Waals surface area contributed by atoms with Crippen LogP contribution in [0.2, 0.25) is 0 Å². The fraction of sp³-hybridized carbons (Fsp3) is 0.649. The summed E-state index contributed by atoms with van der Waals surface area (Å²) in [6, 6.07) is 8.75. The lowest BCUT2D eigenvalue weighted by atomic mass is 9.83. The summed E-state index contributed by atoms with van der Waals surface area (Å²) >= 11 is 0. The molecule has 4 heterocycles. The minimum Gasteiger partial charge on any atom is -0.459 e. The van der Waals surface area contributed by atoms with Crippen molar-refractivity contribution in [3.8, 4) is 0 Å². The average molecular weight is 1390 g/mol. The molecular weight excluding hydrogens is 1320 g/mol. The standard InChI is InChI=1S/C57H68N18O24/c1-9-35-44(96-53(83)32-18-14-11-15-19-32)41(95-52(82)31-16-12-10-13-17-31)24(2)54(91-35)84-23-38-47(98-56-40(69-75-63)49(89-29(7)80)46(87-27(5)78)37(93-56)22-65-71-59)51(90-30(8)81)57(94-38)99-50-42(85-25(3)76)33(66-72-60)20-34(67-73-61)43(50)97-55-39(68-74-62)48(88-28(6)79)45(86-26(4)77)36(92-55)21-64-70-58/h10-19,24,33-51,54-57H,9,20-23H2,1-8H3/t24?,33-,34?,35?,36?,37+,38-,39?,40?,41-,42?,43+,44+,45+,46-,47+,48-,49?,50-,51?,54-,55+,56-,57+/m1/s1. The van der Waals surface area contributed by atoms with Crippen LogP contribution in [0.15, 0.2) is 91.3 Å². The maximum Gasteiger partial charge on any atom is 0.338 e. The number of benzene rings is 2. The Hall–Kier alpha value is -10.3. The fourth-order valence-electron chi connectivity index (χ4n) is 11.9. The van der Waals surface area contributed by atoms with Crippen LogP contribution in [0.25, 0.3) is 62.7 Å². The first-order valence-corrected chi connectivity index (χ1v) is 30.4. The highest BCUT2D eigenvalue weighted by Crippen LogP contribution is 2.42. The van der Waals surface area contributed by atoms with Gasteiger partial charge in [0.05, 0.1) is 49.0 Å². The summed E-state index contributed by atoms with van der Waals surface area (Å²) in [5.41, 5.74) is 59.4. The minimum atomic E-state index is -2.16. The Kier molecular flexibility index (Phi) is 28.0. The van der Waals surface area contributed by atoms with Crippen LogP contribution < -0.4 is 0 Å². The van der Waals surface area contributed by atoms with E-state index in [9.17, 15) is 71.5 Å². The molecule has 42 heteroatoms. The van der Waals surface area contributed by atoms with Crippen LogP contribution in [0.4, 0.5) is 0 Å². The molecule has 24 atom stereocenters. The molecule has 5 aliphatic rings. The normalized spacial score (nSPS) is 32.9. The van der Waals surface area contributed by atoms with Gasteiger partial charge in [0, 0.05) is 76.9 Å². The maximum absolute atomic E-state index is 14.0. The highest BCUT2D eigenvalue weighted by Gasteiger charge is 2.60. The van der Waals surface area contributed by atoms with E-state index in [4.69, 9.17) is 75.8 Å². The quantitative estimate of drug-likeness (QED) is 0.0275. The van der Waals surface area contributed by atoms with Crippen molar-refractivity contribution in [1.29, 1.82) is 0 Å². The summed E-state index contributed by atoms with van der Waals surface area (Å²) in [7, 11) is 0. The molecule has 5 fully saturated rings. The molecule has 2 aromatic rings. The molecule has 0 aromatic heterocycles. The molecule has 4 aliphatic heterocycles. The van der Waals surface area contributed by atoms with Crippen molar-refractivity contribution < 1.29 is 114 Å².